The van der Waals surface area contributed by atoms with Crippen LogP contribution in [0.15, 0.2) is 24.4 Å². The molecule has 0 amide bonds. The monoisotopic (exact) mass is 204 g/mol. The molecule has 3 heteroatoms. The molecule has 2 N–H and O–H groups in total. The largest absolute Gasteiger partial charge is 0.347 e. The van der Waals surface area contributed by atoms with Crippen LogP contribution in [0.5, 0.6) is 0 Å². The molecule has 2 rings (SSSR count). The summed E-state index contributed by atoms with van der Waals surface area (Å²) in [5.74, 6) is 5.14. The Labute approximate surface area is 89.4 Å². The summed E-state index contributed by atoms with van der Waals surface area (Å²) in [6.45, 7) is 5.68. The number of aromatic nitrogens is 1. The van der Waals surface area contributed by atoms with Crippen molar-refractivity contribution < 1.29 is 4.84 Å². The molecule has 80 valence electrons. The summed E-state index contributed by atoms with van der Waals surface area (Å²) in [5.41, 5.74) is 3.68. The Morgan fingerprint density at radius 3 is 2.87 bits per heavy atom. The minimum atomic E-state index is 0.467. The highest BCUT2D eigenvalue weighted by Crippen LogP contribution is 2.25. The highest BCUT2D eigenvalue weighted by molar-refractivity contribution is 5.87. The molecule has 2 aromatic rings. The number of hydrogen-bond acceptors (Lipinski definition) is 2. The molecule has 1 aromatic carbocycles. The summed E-state index contributed by atoms with van der Waals surface area (Å²) < 4.78 is 2.22. The van der Waals surface area contributed by atoms with Crippen LogP contribution in [0.1, 0.15) is 18.1 Å². The minimum Gasteiger partial charge on any atom is -0.347 e. The summed E-state index contributed by atoms with van der Waals surface area (Å²) in [4.78, 5) is 4.74. The van der Waals surface area contributed by atoms with E-state index in [1.807, 2.05) is 0 Å². The zero-order valence-corrected chi connectivity index (χ0v) is 9.16. The number of nitrogens with two attached hydrogens (primary N) is 1. The van der Waals surface area contributed by atoms with Crippen molar-refractivity contribution in [3.8, 4) is 0 Å². The normalized spacial score (nSPS) is 11.1. The van der Waals surface area contributed by atoms with Crippen molar-refractivity contribution in [2.24, 2.45) is 5.90 Å². The van der Waals surface area contributed by atoms with Gasteiger partial charge in [0.2, 0.25) is 0 Å². The zero-order valence-electron chi connectivity index (χ0n) is 9.16. The van der Waals surface area contributed by atoms with Crippen molar-refractivity contribution >= 4 is 10.9 Å². The molecule has 0 aliphatic heterocycles. The molecule has 3 nitrogen and oxygen atoms in total. The molecule has 1 heterocycles. The van der Waals surface area contributed by atoms with Crippen molar-refractivity contribution in [3.05, 3.63) is 35.5 Å². The molecule has 0 bridgehead atoms. The molecule has 0 spiro atoms. The molecule has 0 atom stereocenters. The van der Waals surface area contributed by atoms with E-state index in [9.17, 15) is 0 Å². The molecular weight excluding hydrogens is 188 g/mol. The smallest absolute Gasteiger partial charge is 0.0950 e. The molecule has 0 unspecified atom stereocenters. The van der Waals surface area contributed by atoms with Crippen LogP contribution in [0, 0.1) is 6.92 Å². The van der Waals surface area contributed by atoms with E-state index in [1.54, 1.807) is 0 Å². The lowest BCUT2D eigenvalue weighted by atomic mass is 10.1. The van der Waals surface area contributed by atoms with Gasteiger partial charge in [0.1, 0.15) is 0 Å². The fourth-order valence-corrected chi connectivity index (χ4v) is 2.09. The summed E-state index contributed by atoms with van der Waals surface area (Å²) >= 11 is 0. The van der Waals surface area contributed by atoms with Crippen molar-refractivity contribution in [2.45, 2.75) is 27.0 Å². The van der Waals surface area contributed by atoms with Gasteiger partial charge in [-0.25, -0.2) is 5.90 Å². The van der Waals surface area contributed by atoms with E-state index in [2.05, 4.69) is 42.8 Å². The number of hydrogen-bond donors (Lipinski definition) is 1. The number of benzene rings is 1. The fraction of sp³-hybridized carbons (Fsp3) is 0.333. The molecule has 0 fully saturated rings. The Morgan fingerprint density at radius 2 is 2.20 bits per heavy atom. The van der Waals surface area contributed by atoms with Gasteiger partial charge in [-0.15, -0.1) is 0 Å². The Balaban J connectivity index is 2.70. The van der Waals surface area contributed by atoms with Gasteiger partial charge < -0.3 is 4.57 Å². The third-order valence-corrected chi connectivity index (χ3v) is 2.77. The minimum absolute atomic E-state index is 0.467. The van der Waals surface area contributed by atoms with Gasteiger partial charge in [-0.3, -0.25) is 4.84 Å². The Bertz CT molecular complexity index is 474. The molecule has 0 radical (unpaired) electrons. The van der Waals surface area contributed by atoms with Crippen molar-refractivity contribution in [1.82, 2.24) is 4.57 Å². The third kappa shape index (κ3) is 1.64. The van der Waals surface area contributed by atoms with Gasteiger partial charge in [0.25, 0.3) is 0 Å². The molecule has 0 saturated carbocycles. The van der Waals surface area contributed by atoms with Gasteiger partial charge in [-0.1, -0.05) is 12.1 Å². The van der Waals surface area contributed by atoms with Crippen LogP contribution in [0.3, 0.4) is 0 Å². The molecule has 0 saturated heterocycles. The fourth-order valence-electron chi connectivity index (χ4n) is 2.09. The average Bonchev–Trinajstić information content (AvgIpc) is 2.59. The number of nitrogens with zero attached hydrogens (tertiary/aromatic N) is 1. The maximum atomic E-state index is 5.14. The Hall–Kier alpha value is -1.32. The lowest BCUT2D eigenvalue weighted by molar-refractivity contribution is 0.125. The standard InChI is InChI=1S/C12H16N2O/c1-3-14-7-10(8-15-13)12-9(2)5-4-6-11(12)14/h4-7H,3,8,13H2,1-2H3. The van der Waals surface area contributed by atoms with E-state index in [4.69, 9.17) is 10.7 Å². The number of rotatable bonds is 3. The van der Waals surface area contributed by atoms with Crippen LogP contribution < -0.4 is 5.90 Å². The van der Waals surface area contributed by atoms with E-state index in [-0.39, 0.29) is 0 Å². The third-order valence-electron chi connectivity index (χ3n) is 2.77. The molecule has 15 heavy (non-hydrogen) atoms. The second-order valence-electron chi connectivity index (χ2n) is 3.72. The summed E-state index contributed by atoms with van der Waals surface area (Å²) in [5, 5.41) is 1.27. The van der Waals surface area contributed by atoms with Gasteiger partial charge in [0.05, 0.1) is 6.61 Å². The first-order valence-corrected chi connectivity index (χ1v) is 5.17. The number of fused-ring (bicyclic) bond motifs is 1. The topological polar surface area (TPSA) is 40.2 Å². The predicted octanol–water partition coefficient (Wildman–Crippen LogP) is 2.36. The predicted molar refractivity (Wildman–Crippen MR) is 61.3 cm³/mol. The van der Waals surface area contributed by atoms with E-state index < -0.39 is 0 Å². The van der Waals surface area contributed by atoms with Crippen LogP contribution in [-0.4, -0.2) is 4.57 Å². The second kappa shape index (κ2) is 4.04. The summed E-state index contributed by atoms with van der Waals surface area (Å²) in [7, 11) is 0. The highest BCUT2D eigenvalue weighted by Gasteiger charge is 2.09. The van der Waals surface area contributed by atoms with Crippen LogP contribution in [0.25, 0.3) is 10.9 Å². The van der Waals surface area contributed by atoms with Crippen molar-refractivity contribution in [1.29, 1.82) is 0 Å². The van der Waals surface area contributed by atoms with E-state index >= 15 is 0 Å². The Morgan fingerprint density at radius 1 is 1.40 bits per heavy atom. The van der Waals surface area contributed by atoms with E-state index in [0.29, 0.717) is 6.61 Å². The van der Waals surface area contributed by atoms with Gasteiger partial charge in [0.15, 0.2) is 0 Å². The van der Waals surface area contributed by atoms with Gasteiger partial charge in [-0.2, -0.15) is 0 Å². The maximum Gasteiger partial charge on any atom is 0.0950 e. The van der Waals surface area contributed by atoms with E-state index in [1.165, 1.54) is 16.5 Å². The van der Waals surface area contributed by atoms with Crippen LogP contribution >= 0.6 is 0 Å². The SMILES string of the molecule is CCn1cc(CON)c2c(C)cccc21. The van der Waals surface area contributed by atoms with Gasteiger partial charge in [-0.05, 0) is 25.5 Å². The molecule has 1 aromatic heterocycles. The zero-order chi connectivity index (χ0) is 10.8. The lowest BCUT2D eigenvalue weighted by Gasteiger charge is -2.01. The second-order valence-corrected chi connectivity index (χ2v) is 3.72. The first-order chi connectivity index (χ1) is 7.27. The van der Waals surface area contributed by atoms with Crippen LogP contribution in [0.4, 0.5) is 0 Å². The van der Waals surface area contributed by atoms with Crippen molar-refractivity contribution in [2.75, 3.05) is 0 Å². The maximum absolute atomic E-state index is 5.14. The molecule has 0 aliphatic rings. The Kier molecular flexibility index (Phi) is 2.75. The van der Waals surface area contributed by atoms with Gasteiger partial charge >= 0.3 is 0 Å². The summed E-state index contributed by atoms with van der Waals surface area (Å²) in [6, 6.07) is 6.32. The van der Waals surface area contributed by atoms with Crippen LogP contribution in [0.2, 0.25) is 0 Å². The highest BCUT2D eigenvalue weighted by atomic mass is 16.6. The van der Waals surface area contributed by atoms with Crippen LogP contribution in [-0.2, 0) is 18.0 Å². The van der Waals surface area contributed by atoms with Gasteiger partial charge in [0, 0.05) is 29.2 Å². The molecule has 0 aliphatic carbocycles. The lowest BCUT2D eigenvalue weighted by Crippen LogP contribution is -1.98. The first-order valence-electron chi connectivity index (χ1n) is 5.17. The van der Waals surface area contributed by atoms with E-state index in [0.717, 1.165) is 12.1 Å². The number of aryl methyl sites for hydroxylation is 2. The first kappa shape index (κ1) is 10.2. The quantitative estimate of drug-likeness (QED) is 0.780. The average molecular weight is 204 g/mol. The summed E-state index contributed by atoms with van der Waals surface area (Å²) in [6.07, 6.45) is 2.12. The van der Waals surface area contributed by atoms with Crippen molar-refractivity contribution in [3.63, 3.8) is 0 Å². The molecular formula is C12H16N2O.